The van der Waals surface area contributed by atoms with Crippen LogP contribution < -0.4 is 16.0 Å². The topological polar surface area (TPSA) is 81.0 Å². The number of para-hydroxylation sites is 1. The second-order valence-corrected chi connectivity index (χ2v) is 4.01. The van der Waals surface area contributed by atoms with Crippen LogP contribution in [0.5, 0.6) is 5.75 Å². The van der Waals surface area contributed by atoms with Crippen molar-refractivity contribution in [2.45, 2.75) is 13.3 Å². The minimum atomic E-state index is -0.201. The highest BCUT2D eigenvalue weighted by atomic mass is 16.5. The summed E-state index contributed by atoms with van der Waals surface area (Å²) in [6, 6.07) is 7.59. The van der Waals surface area contributed by atoms with Crippen LogP contribution in [0, 0.1) is 6.92 Å². The van der Waals surface area contributed by atoms with Gasteiger partial charge in [-0.2, -0.15) is 0 Å². The van der Waals surface area contributed by atoms with Gasteiger partial charge in [0.2, 0.25) is 0 Å². The first-order valence-electron chi connectivity index (χ1n) is 5.59. The summed E-state index contributed by atoms with van der Waals surface area (Å²) in [6.07, 6.45) is 0.476. The number of ether oxygens (including phenoxy) is 1. The molecule has 0 atom stereocenters. The fourth-order valence-corrected chi connectivity index (χ4v) is 1.71. The lowest BCUT2D eigenvalue weighted by molar-refractivity contribution is 0.410. The first-order valence-corrected chi connectivity index (χ1v) is 5.59. The van der Waals surface area contributed by atoms with Gasteiger partial charge >= 0.3 is 0 Å². The maximum Gasteiger partial charge on any atom is 0.255 e. The Bertz CT molecular complexity index is 620. The smallest absolute Gasteiger partial charge is 0.255 e. The van der Waals surface area contributed by atoms with Gasteiger partial charge in [-0.05, 0) is 13.0 Å². The maximum absolute atomic E-state index is 11.6. The zero-order valence-electron chi connectivity index (χ0n) is 10.4. The van der Waals surface area contributed by atoms with E-state index in [1.807, 2.05) is 24.3 Å². The number of benzene rings is 1. The van der Waals surface area contributed by atoms with Gasteiger partial charge in [0.15, 0.2) is 0 Å². The molecule has 1 aromatic carbocycles. The lowest BCUT2D eigenvalue weighted by Gasteiger charge is -2.08. The summed E-state index contributed by atoms with van der Waals surface area (Å²) in [5, 5.41) is 0. The molecule has 0 amide bonds. The van der Waals surface area contributed by atoms with E-state index in [9.17, 15) is 4.79 Å². The van der Waals surface area contributed by atoms with Gasteiger partial charge in [0.1, 0.15) is 17.4 Å². The molecule has 3 N–H and O–H groups in total. The lowest BCUT2D eigenvalue weighted by atomic mass is 10.1. The third-order valence-electron chi connectivity index (χ3n) is 2.79. The van der Waals surface area contributed by atoms with Gasteiger partial charge < -0.3 is 15.5 Å². The van der Waals surface area contributed by atoms with Crippen molar-refractivity contribution >= 4 is 5.82 Å². The summed E-state index contributed by atoms with van der Waals surface area (Å²) in [6.45, 7) is 1.65. The number of nitrogens with zero attached hydrogens (tertiary/aromatic N) is 1. The summed E-state index contributed by atoms with van der Waals surface area (Å²) < 4.78 is 5.25. The summed E-state index contributed by atoms with van der Waals surface area (Å²) in [5.41, 5.74) is 6.88. The first-order chi connectivity index (χ1) is 8.61. The largest absolute Gasteiger partial charge is 0.496 e. The van der Waals surface area contributed by atoms with Crippen molar-refractivity contribution < 1.29 is 4.74 Å². The van der Waals surface area contributed by atoms with Crippen molar-refractivity contribution in [1.82, 2.24) is 9.97 Å². The number of nitrogen functional groups attached to an aromatic ring is 1. The van der Waals surface area contributed by atoms with E-state index in [1.165, 1.54) is 0 Å². The number of anilines is 1. The lowest BCUT2D eigenvalue weighted by Crippen LogP contribution is -2.17. The van der Waals surface area contributed by atoms with Gasteiger partial charge in [-0.15, -0.1) is 0 Å². The Morgan fingerprint density at radius 2 is 2.11 bits per heavy atom. The van der Waals surface area contributed by atoms with Crippen LogP contribution in [0.25, 0.3) is 0 Å². The van der Waals surface area contributed by atoms with Crippen molar-refractivity contribution in [2.75, 3.05) is 12.8 Å². The number of hydrogen-bond acceptors (Lipinski definition) is 4. The molecule has 0 saturated carbocycles. The fraction of sp³-hybridized carbons (Fsp3) is 0.231. The van der Waals surface area contributed by atoms with Crippen molar-refractivity contribution in [3.05, 3.63) is 51.6 Å². The fourth-order valence-electron chi connectivity index (χ4n) is 1.71. The molecule has 2 aromatic rings. The zero-order valence-corrected chi connectivity index (χ0v) is 10.4. The molecule has 0 bridgehead atoms. The van der Waals surface area contributed by atoms with Crippen LogP contribution >= 0.6 is 0 Å². The number of rotatable bonds is 3. The summed E-state index contributed by atoms with van der Waals surface area (Å²) in [5.74, 6) is 1.57. The minimum Gasteiger partial charge on any atom is -0.496 e. The van der Waals surface area contributed by atoms with Crippen LogP contribution in [-0.2, 0) is 6.42 Å². The zero-order chi connectivity index (χ0) is 13.1. The van der Waals surface area contributed by atoms with E-state index >= 15 is 0 Å². The Hall–Kier alpha value is -2.30. The average molecular weight is 245 g/mol. The second kappa shape index (κ2) is 4.91. The van der Waals surface area contributed by atoms with E-state index in [2.05, 4.69) is 9.97 Å². The molecule has 94 valence electrons. The molecule has 1 aromatic heterocycles. The van der Waals surface area contributed by atoms with Gasteiger partial charge in [0, 0.05) is 12.0 Å². The van der Waals surface area contributed by atoms with Crippen LogP contribution in [0.15, 0.2) is 29.1 Å². The Balaban J connectivity index is 2.37. The van der Waals surface area contributed by atoms with E-state index in [0.29, 0.717) is 17.8 Å². The predicted octanol–water partition coefficient (Wildman–Crippen LogP) is 1.26. The van der Waals surface area contributed by atoms with Crippen molar-refractivity contribution in [2.24, 2.45) is 0 Å². The molecule has 0 saturated heterocycles. The highest BCUT2D eigenvalue weighted by Crippen LogP contribution is 2.19. The van der Waals surface area contributed by atoms with Gasteiger partial charge in [-0.25, -0.2) is 4.98 Å². The van der Waals surface area contributed by atoms with Gasteiger partial charge in [-0.1, -0.05) is 18.2 Å². The summed E-state index contributed by atoms with van der Waals surface area (Å²) in [7, 11) is 1.61. The quantitative estimate of drug-likeness (QED) is 0.853. The second-order valence-electron chi connectivity index (χ2n) is 4.01. The highest BCUT2D eigenvalue weighted by molar-refractivity contribution is 5.39. The van der Waals surface area contributed by atoms with Crippen molar-refractivity contribution in [3.63, 3.8) is 0 Å². The Morgan fingerprint density at radius 1 is 1.39 bits per heavy atom. The van der Waals surface area contributed by atoms with E-state index in [0.717, 1.165) is 11.3 Å². The van der Waals surface area contributed by atoms with E-state index < -0.39 is 0 Å². The molecule has 0 aliphatic rings. The number of hydrogen-bond donors (Lipinski definition) is 2. The Kier molecular flexibility index (Phi) is 3.32. The molecule has 1 heterocycles. The number of nitrogens with one attached hydrogen (secondary N) is 1. The predicted molar refractivity (Wildman–Crippen MR) is 69.8 cm³/mol. The Morgan fingerprint density at radius 3 is 2.78 bits per heavy atom. The normalized spacial score (nSPS) is 10.3. The van der Waals surface area contributed by atoms with E-state index in [1.54, 1.807) is 14.0 Å². The van der Waals surface area contributed by atoms with Gasteiger partial charge in [-0.3, -0.25) is 4.79 Å². The van der Waals surface area contributed by atoms with Crippen LogP contribution in [0.3, 0.4) is 0 Å². The molecular weight excluding hydrogens is 230 g/mol. The molecule has 18 heavy (non-hydrogen) atoms. The summed E-state index contributed by atoms with van der Waals surface area (Å²) in [4.78, 5) is 18.5. The number of H-pyrrole nitrogens is 1. The first kappa shape index (κ1) is 12.2. The highest BCUT2D eigenvalue weighted by Gasteiger charge is 2.08. The molecule has 2 rings (SSSR count). The molecule has 0 unspecified atom stereocenters. The molecule has 0 spiro atoms. The average Bonchev–Trinajstić information content (AvgIpc) is 2.36. The molecule has 0 radical (unpaired) electrons. The van der Waals surface area contributed by atoms with E-state index in [-0.39, 0.29) is 11.4 Å². The van der Waals surface area contributed by atoms with Crippen LogP contribution in [0.4, 0.5) is 5.82 Å². The number of aromatic nitrogens is 2. The van der Waals surface area contributed by atoms with Crippen LogP contribution in [-0.4, -0.2) is 17.1 Å². The molecular formula is C13H15N3O2. The number of nitrogens with two attached hydrogens (primary N) is 1. The molecule has 0 fully saturated rings. The van der Waals surface area contributed by atoms with Gasteiger partial charge in [0.05, 0.1) is 12.7 Å². The monoisotopic (exact) mass is 245 g/mol. The van der Waals surface area contributed by atoms with Crippen molar-refractivity contribution in [3.8, 4) is 5.75 Å². The molecule has 0 aliphatic heterocycles. The van der Waals surface area contributed by atoms with E-state index in [4.69, 9.17) is 10.5 Å². The van der Waals surface area contributed by atoms with Crippen LogP contribution in [0.2, 0.25) is 0 Å². The number of aromatic amines is 1. The maximum atomic E-state index is 11.6. The SMILES string of the molecule is COc1ccccc1Cc1nc(N)c(C)c(=O)[nH]1. The summed E-state index contributed by atoms with van der Waals surface area (Å²) >= 11 is 0. The Labute approximate surface area is 105 Å². The van der Waals surface area contributed by atoms with Crippen molar-refractivity contribution in [1.29, 1.82) is 0 Å². The molecule has 5 nitrogen and oxygen atoms in total. The molecule has 0 aliphatic carbocycles. The third-order valence-corrected chi connectivity index (χ3v) is 2.79. The standard InChI is InChI=1S/C13H15N3O2/c1-8-12(14)15-11(16-13(8)17)7-9-5-3-4-6-10(9)18-2/h3-6H,7H2,1-2H3,(H3,14,15,16,17). The third kappa shape index (κ3) is 2.34. The van der Waals surface area contributed by atoms with Gasteiger partial charge in [0.25, 0.3) is 5.56 Å². The molecule has 5 heteroatoms. The number of methoxy groups -OCH3 is 1. The minimum absolute atomic E-state index is 0.201. The van der Waals surface area contributed by atoms with Crippen LogP contribution in [0.1, 0.15) is 17.0 Å².